The quantitative estimate of drug-likeness (QED) is 0.241. The fourth-order valence-electron chi connectivity index (χ4n) is 7.84. The number of fused-ring (bicyclic) bond motifs is 2. The Labute approximate surface area is 274 Å². The number of piperidine rings is 1. The molecule has 9 nitrogen and oxygen atoms in total. The summed E-state index contributed by atoms with van der Waals surface area (Å²) in [6.07, 6.45) is 6.45. The molecular weight excluding hydrogens is 580 g/mol. The molecule has 0 bridgehead atoms. The molecule has 2 aromatic carbocycles. The van der Waals surface area contributed by atoms with E-state index in [0.717, 1.165) is 29.7 Å². The summed E-state index contributed by atoms with van der Waals surface area (Å²) in [6.45, 7) is 7.60. The molecule has 0 unspecified atom stereocenters. The lowest BCUT2D eigenvalue weighted by molar-refractivity contribution is -0.132. The first kappa shape index (κ1) is 34.4. The Balaban J connectivity index is 1.32. The Morgan fingerprint density at radius 1 is 1.07 bits per heavy atom. The van der Waals surface area contributed by atoms with Crippen LogP contribution < -0.4 is 21.1 Å². The number of nitrogens with one attached hydrogen (secondary N) is 2. The second-order valence-corrected chi connectivity index (χ2v) is 14.8. The molecule has 1 saturated heterocycles. The zero-order valence-electron chi connectivity index (χ0n) is 27.8. The van der Waals surface area contributed by atoms with E-state index in [9.17, 15) is 14.7 Å². The van der Waals surface area contributed by atoms with Crippen LogP contribution in [0.25, 0.3) is 0 Å². The van der Waals surface area contributed by atoms with Gasteiger partial charge in [0, 0.05) is 37.0 Å². The van der Waals surface area contributed by atoms with Gasteiger partial charge < -0.3 is 31.3 Å². The normalized spacial score (nSPS) is 26.0. The van der Waals surface area contributed by atoms with Gasteiger partial charge in [-0.15, -0.1) is 0 Å². The zero-order valence-corrected chi connectivity index (χ0v) is 27.8. The average Bonchev–Trinajstić information content (AvgIpc) is 3.33. The van der Waals surface area contributed by atoms with Crippen LogP contribution in [-0.2, 0) is 22.4 Å². The molecule has 7 atom stereocenters. The van der Waals surface area contributed by atoms with E-state index < -0.39 is 18.1 Å². The minimum Gasteiger partial charge on any atom is -0.491 e. The summed E-state index contributed by atoms with van der Waals surface area (Å²) in [5.74, 6) is 1.30. The van der Waals surface area contributed by atoms with E-state index in [4.69, 9.17) is 15.6 Å². The number of rotatable bonds is 12. The first-order valence-corrected chi connectivity index (χ1v) is 17.2. The molecule has 0 spiro atoms. The largest absolute Gasteiger partial charge is 0.491 e. The Hall–Kier alpha value is -2.98. The maximum atomic E-state index is 14.0. The van der Waals surface area contributed by atoms with E-state index in [1.165, 1.54) is 25.7 Å². The fraction of sp³-hybridized carbons (Fsp3) is 0.622. The van der Waals surface area contributed by atoms with E-state index in [2.05, 4.69) is 15.5 Å². The number of ether oxygens (including phenoxy) is 1. The second kappa shape index (κ2) is 15.3. The predicted octanol–water partition coefficient (Wildman–Crippen LogP) is 3.50. The molecule has 9 heteroatoms. The molecule has 2 aliphatic carbocycles. The van der Waals surface area contributed by atoms with Gasteiger partial charge in [-0.25, -0.2) is 0 Å². The monoisotopic (exact) mass is 634 g/mol. The first-order valence-electron chi connectivity index (χ1n) is 17.2. The summed E-state index contributed by atoms with van der Waals surface area (Å²) in [7, 11) is 0. The highest BCUT2D eigenvalue weighted by molar-refractivity contribution is 5.82. The molecule has 1 aliphatic heterocycles. The minimum atomic E-state index is -0.683. The highest BCUT2D eigenvalue weighted by atomic mass is 16.5. The third-order valence-electron chi connectivity index (χ3n) is 10.00. The van der Waals surface area contributed by atoms with Crippen LogP contribution in [0.2, 0.25) is 0 Å². The molecular formula is C37H54N4O5. The summed E-state index contributed by atoms with van der Waals surface area (Å²) in [6, 6.07) is 14.4. The van der Waals surface area contributed by atoms with Crippen LogP contribution in [0, 0.1) is 17.8 Å². The van der Waals surface area contributed by atoms with Gasteiger partial charge in [-0.05, 0) is 87.1 Å². The van der Waals surface area contributed by atoms with Gasteiger partial charge in [0.15, 0.2) is 0 Å². The van der Waals surface area contributed by atoms with Crippen LogP contribution in [-0.4, -0.2) is 77.0 Å². The third kappa shape index (κ3) is 8.88. The van der Waals surface area contributed by atoms with Crippen LogP contribution in [0.1, 0.15) is 82.0 Å². The Morgan fingerprint density at radius 2 is 1.78 bits per heavy atom. The summed E-state index contributed by atoms with van der Waals surface area (Å²) >= 11 is 0. The van der Waals surface area contributed by atoms with E-state index in [1.807, 2.05) is 69.3 Å². The van der Waals surface area contributed by atoms with Crippen LogP contribution in [0.5, 0.6) is 5.75 Å². The number of hydrogen-bond acceptors (Lipinski definition) is 7. The van der Waals surface area contributed by atoms with Gasteiger partial charge in [0.05, 0.1) is 24.8 Å². The molecule has 2 amide bonds. The van der Waals surface area contributed by atoms with E-state index in [-0.39, 0.29) is 42.7 Å². The van der Waals surface area contributed by atoms with Crippen molar-refractivity contribution in [2.24, 2.45) is 23.5 Å². The number of amides is 2. The summed E-state index contributed by atoms with van der Waals surface area (Å²) < 4.78 is 5.53. The number of hydrogen-bond donors (Lipinski definition) is 5. The van der Waals surface area contributed by atoms with Gasteiger partial charge in [-0.2, -0.15) is 0 Å². The van der Waals surface area contributed by atoms with Crippen LogP contribution >= 0.6 is 0 Å². The summed E-state index contributed by atoms with van der Waals surface area (Å²) in [5, 5.41) is 26.3. The maximum absolute atomic E-state index is 14.0. The number of aliphatic hydroxyl groups excluding tert-OH is 2. The number of aliphatic hydroxyl groups is 2. The van der Waals surface area contributed by atoms with Crippen molar-refractivity contribution < 1.29 is 24.5 Å². The lowest BCUT2D eigenvalue weighted by atomic mass is 9.72. The van der Waals surface area contributed by atoms with Crippen molar-refractivity contribution in [2.45, 2.75) is 102 Å². The molecule has 0 radical (unpaired) electrons. The number of carbonyl (C=O) groups is 2. The van der Waals surface area contributed by atoms with Gasteiger partial charge in [-0.1, -0.05) is 55.7 Å². The fourth-order valence-corrected chi connectivity index (χ4v) is 7.84. The second-order valence-electron chi connectivity index (χ2n) is 14.8. The van der Waals surface area contributed by atoms with E-state index in [1.54, 1.807) is 0 Å². The Morgan fingerprint density at radius 3 is 2.50 bits per heavy atom. The first-order chi connectivity index (χ1) is 22.0. The number of nitrogens with zero attached hydrogens (tertiary/aromatic N) is 1. The van der Waals surface area contributed by atoms with Crippen molar-refractivity contribution in [2.75, 3.05) is 26.3 Å². The van der Waals surface area contributed by atoms with Gasteiger partial charge in [-0.3, -0.25) is 14.5 Å². The topological polar surface area (TPSA) is 137 Å². The van der Waals surface area contributed by atoms with Crippen molar-refractivity contribution in [1.82, 2.24) is 15.5 Å². The van der Waals surface area contributed by atoms with Crippen LogP contribution in [0.4, 0.5) is 0 Å². The maximum Gasteiger partial charge on any atom is 0.237 e. The van der Waals surface area contributed by atoms with Crippen LogP contribution in [0.15, 0.2) is 48.5 Å². The van der Waals surface area contributed by atoms with Gasteiger partial charge >= 0.3 is 0 Å². The summed E-state index contributed by atoms with van der Waals surface area (Å²) in [4.78, 5) is 29.9. The highest BCUT2D eigenvalue weighted by Crippen LogP contribution is 2.39. The van der Waals surface area contributed by atoms with Gasteiger partial charge in [0.25, 0.3) is 0 Å². The Bertz CT molecular complexity index is 1310. The molecule has 6 N–H and O–H groups in total. The Kier molecular flexibility index (Phi) is 11.4. The predicted molar refractivity (Wildman–Crippen MR) is 179 cm³/mol. The molecule has 5 rings (SSSR count). The number of benzene rings is 2. The van der Waals surface area contributed by atoms with Crippen molar-refractivity contribution in [3.8, 4) is 5.75 Å². The third-order valence-corrected chi connectivity index (χ3v) is 10.00. The average molecular weight is 635 g/mol. The van der Waals surface area contributed by atoms with Crippen molar-refractivity contribution in [3.05, 3.63) is 65.2 Å². The minimum absolute atomic E-state index is 0.0603. The standard InChI is InChI=1S/C37H54N4O5/c1-37(2,3)40-36(45)32-20-25-8-4-5-10-27(25)22-41(32)23-29(38)19-28(18-24-12-14-30(15-13-24)46-17-16-42)35(44)39-34-31-11-7-6-9-26(31)21-33(34)43/h6-7,9,11-15,25,27-29,32-34,42-43H,4-5,8,10,16-23,38H2,1-3H3,(H,39,44)(H,40,45)/t25-,27+,28+,29-,32-,33+,34-/m0/s1. The van der Waals surface area contributed by atoms with Crippen molar-refractivity contribution in [3.63, 3.8) is 0 Å². The molecule has 1 heterocycles. The van der Waals surface area contributed by atoms with E-state index in [0.29, 0.717) is 43.4 Å². The molecule has 46 heavy (non-hydrogen) atoms. The molecule has 0 aromatic heterocycles. The highest BCUT2D eigenvalue weighted by Gasteiger charge is 2.41. The van der Waals surface area contributed by atoms with Crippen LogP contribution in [0.3, 0.4) is 0 Å². The SMILES string of the molecule is CC(C)(C)NC(=O)[C@@H]1C[C@@H]2CCCC[C@@H]2CN1C[C@@H](N)C[C@@H](Cc1ccc(OCCO)cc1)C(=O)N[C@H]1c2ccccc2C[C@H]1O. The van der Waals surface area contributed by atoms with Crippen molar-refractivity contribution >= 4 is 11.8 Å². The molecule has 1 saturated carbocycles. The molecule has 3 aliphatic rings. The molecule has 252 valence electrons. The lowest BCUT2D eigenvalue weighted by Crippen LogP contribution is -2.59. The summed E-state index contributed by atoms with van der Waals surface area (Å²) in [5.41, 5.74) is 9.56. The van der Waals surface area contributed by atoms with Gasteiger partial charge in [0.2, 0.25) is 11.8 Å². The van der Waals surface area contributed by atoms with Gasteiger partial charge in [0.1, 0.15) is 12.4 Å². The smallest absolute Gasteiger partial charge is 0.237 e. The number of likely N-dealkylation sites (tertiary alicyclic amines) is 1. The number of nitrogens with two attached hydrogens (primary N) is 1. The molecule has 2 aromatic rings. The molecule has 2 fully saturated rings. The zero-order chi connectivity index (χ0) is 32.8. The van der Waals surface area contributed by atoms with Crippen molar-refractivity contribution in [1.29, 1.82) is 0 Å². The van der Waals surface area contributed by atoms with E-state index >= 15 is 0 Å². The lowest BCUT2D eigenvalue weighted by Gasteiger charge is -2.46. The number of carbonyl (C=O) groups excluding carboxylic acids is 2.